The minimum atomic E-state index is -0.168. The van der Waals surface area contributed by atoms with Crippen LogP contribution in [0.15, 0.2) is 205 Å². The van der Waals surface area contributed by atoms with Gasteiger partial charge in [-0.1, -0.05) is 172 Å². The topological polar surface area (TPSA) is 16.4 Å². The summed E-state index contributed by atoms with van der Waals surface area (Å²) in [6.45, 7) is 4.73. The molecule has 2 aromatic heterocycles. The average Bonchev–Trinajstić information content (AvgIpc) is 3.98. The molecule has 0 saturated heterocycles. The van der Waals surface area contributed by atoms with E-state index >= 15 is 0 Å². The van der Waals surface area contributed by atoms with Crippen molar-refractivity contribution in [2.45, 2.75) is 19.3 Å². The van der Waals surface area contributed by atoms with Gasteiger partial charge in [-0.3, -0.25) is 0 Å². The molecule has 2 heterocycles. The molecule has 0 saturated carbocycles. The largest absolute Gasteiger partial charge is 0.455 e. The van der Waals surface area contributed by atoms with Gasteiger partial charge < -0.3 is 9.32 Å². The van der Waals surface area contributed by atoms with Gasteiger partial charge in [0.15, 0.2) is 0 Å². The molecule has 1 aliphatic rings. The molecule has 0 fully saturated rings. The SMILES string of the molecule is CC1(C)c2ccccc2-c2ccc(N(c3ccc(-c4cccc5c4sc4ccccc45)cc3)c3cc(-c4ccccc4)cc4oc5c6ccccc6c6ccccc6c5c34)cc21. The summed E-state index contributed by atoms with van der Waals surface area (Å²) in [7, 11) is 0. The summed E-state index contributed by atoms with van der Waals surface area (Å²) in [5.74, 6) is 0. The van der Waals surface area contributed by atoms with Crippen molar-refractivity contribution in [2.75, 3.05) is 4.90 Å². The second-order valence-electron chi connectivity index (χ2n) is 17.2. The van der Waals surface area contributed by atoms with Crippen LogP contribution >= 0.6 is 11.3 Å². The number of rotatable bonds is 5. The first kappa shape index (κ1) is 35.3. The zero-order valence-corrected chi connectivity index (χ0v) is 35.1. The molecule has 12 aromatic rings. The summed E-state index contributed by atoms with van der Waals surface area (Å²) in [6.07, 6.45) is 0. The Morgan fingerprint density at radius 1 is 0.419 bits per heavy atom. The molecule has 0 radical (unpaired) electrons. The van der Waals surface area contributed by atoms with Crippen molar-refractivity contribution in [3.8, 4) is 33.4 Å². The Balaban J connectivity index is 1.11. The second kappa shape index (κ2) is 13.3. The fourth-order valence-corrected chi connectivity index (χ4v) is 11.7. The lowest BCUT2D eigenvalue weighted by Crippen LogP contribution is -2.16. The third-order valence-corrected chi connectivity index (χ3v) is 14.7. The predicted octanol–water partition coefficient (Wildman–Crippen LogP) is 17.4. The minimum absolute atomic E-state index is 0.168. The number of hydrogen-bond acceptors (Lipinski definition) is 3. The van der Waals surface area contributed by atoms with Gasteiger partial charge >= 0.3 is 0 Å². The van der Waals surface area contributed by atoms with Crippen molar-refractivity contribution in [2.24, 2.45) is 0 Å². The standard InChI is InChI=1S/C59H39NOS/c1-59(2)50-25-12-10-19-44(50)45-32-31-40(35-51(45)59)60(39-29-27-37(28-30-39)41-23-14-24-49-46-20-11-13-26-54(46)62-58(41)49)52-33-38(36-15-4-3-5-16-36)34-53-56(52)55-47-21-8-6-17-42(47)43-18-7-9-22-48(43)57(55)61-53/h3-35H,1-2H3. The van der Waals surface area contributed by atoms with Crippen LogP contribution in [0, 0.1) is 0 Å². The summed E-state index contributed by atoms with van der Waals surface area (Å²) in [6, 6.07) is 73.6. The van der Waals surface area contributed by atoms with E-state index in [-0.39, 0.29) is 5.41 Å². The second-order valence-corrected chi connectivity index (χ2v) is 18.2. The summed E-state index contributed by atoms with van der Waals surface area (Å²) in [4.78, 5) is 2.48. The van der Waals surface area contributed by atoms with Crippen LogP contribution in [0.3, 0.4) is 0 Å². The quantitative estimate of drug-likeness (QED) is 0.161. The van der Waals surface area contributed by atoms with Crippen LogP contribution in [0.25, 0.3) is 97.0 Å². The third kappa shape index (κ3) is 5.09. The first-order chi connectivity index (χ1) is 30.5. The van der Waals surface area contributed by atoms with Gasteiger partial charge in [0.25, 0.3) is 0 Å². The zero-order valence-electron chi connectivity index (χ0n) is 34.3. The Labute approximate surface area is 363 Å². The number of nitrogens with zero attached hydrogens (tertiary/aromatic N) is 1. The van der Waals surface area contributed by atoms with Crippen molar-refractivity contribution in [3.63, 3.8) is 0 Å². The molecule has 0 aliphatic heterocycles. The Hall–Kier alpha value is -7.46. The Morgan fingerprint density at radius 3 is 1.87 bits per heavy atom. The maximum atomic E-state index is 7.17. The van der Waals surface area contributed by atoms with Crippen LogP contribution in [-0.2, 0) is 5.41 Å². The minimum Gasteiger partial charge on any atom is -0.455 e. The van der Waals surface area contributed by atoms with Crippen molar-refractivity contribution in [1.29, 1.82) is 0 Å². The van der Waals surface area contributed by atoms with Gasteiger partial charge in [-0.05, 0) is 103 Å². The number of hydrogen-bond donors (Lipinski definition) is 0. The van der Waals surface area contributed by atoms with E-state index < -0.39 is 0 Å². The van der Waals surface area contributed by atoms with Crippen LogP contribution in [0.5, 0.6) is 0 Å². The average molecular weight is 810 g/mol. The highest BCUT2D eigenvalue weighted by atomic mass is 32.1. The Morgan fingerprint density at radius 2 is 1.05 bits per heavy atom. The number of benzene rings is 10. The van der Waals surface area contributed by atoms with E-state index in [9.17, 15) is 0 Å². The van der Waals surface area contributed by atoms with Crippen LogP contribution in [0.2, 0.25) is 0 Å². The van der Waals surface area contributed by atoms with Gasteiger partial charge in [-0.2, -0.15) is 0 Å². The Kier molecular flexibility index (Phi) is 7.56. The zero-order chi connectivity index (χ0) is 41.1. The van der Waals surface area contributed by atoms with Crippen LogP contribution in [0.4, 0.5) is 17.1 Å². The van der Waals surface area contributed by atoms with Crippen molar-refractivity contribution < 1.29 is 4.42 Å². The van der Waals surface area contributed by atoms with E-state index in [1.807, 2.05) is 11.3 Å². The number of fused-ring (bicyclic) bond motifs is 14. The first-order valence-electron chi connectivity index (χ1n) is 21.4. The molecule has 0 amide bonds. The molecule has 0 unspecified atom stereocenters. The first-order valence-corrected chi connectivity index (χ1v) is 22.2. The molecule has 10 aromatic carbocycles. The smallest absolute Gasteiger partial charge is 0.143 e. The van der Waals surface area contributed by atoms with E-state index in [1.54, 1.807) is 0 Å². The maximum Gasteiger partial charge on any atom is 0.143 e. The molecule has 0 atom stereocenters. The van der Waals surface area contributed by atoms with Gasteiger partial charge in [0.1, 0.15) is 11.2 Å². The van der Waals surface area contributed by atoms with Crippen molar-refractivity contribution in [1.82, 2.24) is 0 Å². The molecular weight excluding hydrogens is 771 g/mol. The van der Waals surface area contributed by atoms with Gasteiger partial charge in [-0.25, -0.2) is 0 Å². The van der Waals surface area contributed by atoms with E-state index in [0.717, 1.165) is 55.5 Å². The highest BCUT2D eigenvalue weighted by Crippen LogP contribution is 2.53. The lowest BCUT2D eigenvalue weighted by atomic mass is 9.82. The molecule has 0 N–H and O–H groups in total. The number of thiophene rings is 1. The normalized spacial score (nSPS) is 13.1. The summed E-state index contributed by atoms with van der Waals surface area (Å²) >= 11 is 1.88. The van der Waals surface area contributed by atoms with Crippen LogP contribution in [0.1, 0.15) is 25.0 Å². The highest BCUT2D eigenvalue weighted by Gasteiger charge is 2.36. The summed E-state index contributed by atoms with van der Waals surface area (Å²) in [5, 5.41) is 9.58. The van der Waals surface area contributed by atoms with Crippen LogP contribution in [-0.4, -0.2) is 0 Å². The van der Waals surface area contributed by atoms with Crippen LogP contribution < -0.4 is 4.90 Å². The van der Waals surface area contributed by atoms with Gasteiger partial charge in [-0.15, -0.1) is 11.3 Å². The molecule has 1 aliphatic carbocycles. The fraction of sp³-hybridized carbons (Fsp3) is 0.0508. The molecule has 0 spiro atoms. The summed E-state index contributed by atoms with van der Waals surface area (Å²) < 4.78 is 9.80. The lowest BCUT2D eigenvalue weighted by Gasteiger charge is -2.29. The molecule has 292 valence electrons. The molecule has 3 heteroatoms. The monoisotopic (exact) mass is 809 g/mol. The molecule has 62 heavy (non-hydrogen) atoms. The van der Waals surface area contributed by atoms with Gasteiger partial charge in [0, 0.05) is 47.7 Å². The lowest BCUT2D eigenvalue weighted by molar-refractivity contribution is 0.660. The molecule has 0 bridgehead atoms. The predicted molar refractivity (Wildman–Crippen MR) is 265 cm³/mol. The third-order valence-electron chi connectivity index (χ3n) is 13.4. The molecular formula is C59H39NOS. The maximum absolute atomic E-state index is 7.17. The van der Waals surface area contributed by atoms with Gasteiger partial charge in [0.05, 0.1) is 11.1 Å². The van der Waals surface area contributed by atoms with E-state index in [0.29, 0.717) is 0 Å². The number of furan rings is 1. The van der Waals surface area contributed by atoms with Crippen molar-refractivity contribution in [3.05, 3.63) is 211 Å². The summed E-state index contributed by atoms with van der Waals surface area (Å²) in [5.41, 5.74) is 14.9. The molecule has 13 rings (SSSR count). The highest BCUT2D eigenvalue weighted by molar-refractivity contribution is 7.26. The Bertz CT molecular complexity index is 3780. The van der Waals surface area contributed by atoms with Gasteiger partial charge in [0.2, 0.25) is 0 Å². The van der Waals surface area contributed by atoms with E-state index in [4.69, 9.17) is 4.42 Å². The van der Waals surface area contributed by atoms with E-state index in [2.05, 4.69) is 219 Å². The fourth-order valence-electron chi connectivity index (χ4n) is 10.5. The number of anilines is 3. The molecule has 2 nitrogen and oxygen atoms in total. The van der Waals surface area contributed by atoms with E-state index in [1.165, 1.54) is 69.7 Å². The van der Waals surface area contributed by atoms with Crippen molar-refractivity contribution >= 4 is 92.1 Å².